The summed E-state index contributed by atoms with van der Waals surface area (Å²) in [6.45, 7) is 0. The minimum atomic E-state index is -0.921. The third-order valence-electron chi connectivity index (χ3n) is 2.72. The van der Waals surface area contributed by atoms with Crippen molar-refractivity contribution in [1.82, 2.24) is 0 Å². The number of carboxylic acid groups (broad SMARTS) is 1. The van der Waals surface area contributed by atoms with Crippen molar-refractivity contribution in [2.75, 3.05) is 11.9 Å². The molecule has 0 unspecified atom stereocenters. The second kappa shape index (κ2) is 5.10. The number of benzene rings is 2. The first kappa shape index (κ1) is 12.5. The molecule has 0 atom stereocenters. The van der Waals surface area contributed by atoms with Crippen molar-refractivity contribution in [3.8, 4) is 0 Å². The number of hydrogen-bond donors (Lipinski definition) is 1. The van der Waals surface area contributed by atoms with E-state index in [1.165, 1.54) is 0 Å². The molecule has 18 heavy (non-hydrogen) atoms. The van der Waals surface area contributed by atoms with Crippen LogP contribution in [-0.2, 0) is 0 Å². The number of carboxylic acids is 1. The third-order valence-corrected chi connectivity index (χ3v) is 2.97. The van der Waals surface area contributed by atoms with Gasteiger partial charge in [0.15, 0.2) is 0 Å². The summed E-state index contributed by atoms with van der Waals surface area (Å²) in [4.78, 5) is 12.7. The molecule has 0 fully saturated rings. The molecule has 0 amide bonds. The molecule has 3 nitrogen and oxygen atoms in total. The van der Waals surface area contributed by atoms with Crippen molar-refractivity contribution in [3.63, 3.8) is 0 Å². The molecule has 0 bridgehead atoms. The van der Waals surface area contributed by atoms with Crippen LogP contribution in [0, 0.1) is 0 Å². The van der Waals surface area contributed by atoms with Gasteiger partial charge in [0.1, 0.15) is 0 Å². The highest BCUT2D eigenvalue weighted by Crippen LogP contribution is 2.25. The zero-order valence-corrected chi connectivity index (χ0v) is 10.6. The Morgan fingerprint density at radius 1 is 1.00 bits per heavy atom. The van der Waals surface area contributed by atoms with Crippen LogP contribution in [0.4, 0.5) is 11.4 Å². The first-order valence-corrected chi connectivity index (χ1v) is 5.78. The van der Waals surface area contributed by atoms with E-state index >= 15 is 0 Å². The van der Waals surface area contributed by atoms with Gasteiger partial charge in [0, 0.05) is 23.4 Å². The molecule has 4 heteroatoms. The minimum Gasteiger partial charge on any atom is -0.478 e. The zero-order valence-electron chi connectivity index (χ0n) is 9.80. The van der Waals surface area contributed by atoms with Crippen molar-refractivity contribution in [2.24, 2.45) is 0 Å². The van der Waals surface area contributed by atoms with Crippen LogP contribution in [0.25, 0.3) is 0 Å². The van der Waals surface area contributed by atoms with E-state index in [0.717, 1.165) is 11.4 Å². The number of halogens is 1. The lowest BCUT2D eigenvalue weighted by Gasteiger charge is -2.19. The standard InChI is InChI=1S/C14H12ClNO2/c1-16(13-8-4-11(15)5-9-13)12-6-2-10(3-7-12)14(17)18/h2-9H,1H3,(H,17,18). The molecular weight excluding hydrogens is 250 g/mol. The molecule has 1 N–H and O–H groups in total. The van der Waals surface area contributed by atoms with E-state index in [9.17, 15) is 4.79 Å². The second-order valence-corrected chi connectivity index (χ2v) is 4.32. The number of carbonyl (C=O) groups is 1. The van der Waals surface area contributed by atoms with E-state index in [0.29, 0.717) is 5.02 Å². The molecule has 2 aromatic rings. The lowest BCUT2D eigenvalue weighted by molar-refractivity contribution is 0.0697. The van der Waals surface area contributed by atoms with Gasteiger partial charge in [0.05, 0.1) is 5.56 Å². The summed E-state index contributed by atoms with van der Waals surface area (Å²) in [5.41, 5.74) is 2.19. The van der Waals surface area contributed by atoms with Gasteiger partial charge in [-0.1, -0.05) is 11.6 Å². The topological polar surface area (TPSA) is 40.5 Å². The van der Waals surface area contributed by atoms with Gasteiger partial charge in [-0.15, -0.1) is 0 Å². The van der Waals surface area contributed by atoms with Gasteiger partial charge in [0.25, 0.3) is 0 Å². The fourth-order valence-corrected chi connectivity index (χ4v) is 1.77. The van der Waals surface area contributed by atoms with Gasteiger partial charge in [0.2, 0.25) is 0 Å². The normalized spacial score (nSPS) is 10.1. The molecule has 0 heterocycles. The van der Waals surface area contributed by atoms with E-state index in [2.05, 4.69) is 0 Å². The first-order chi connectivity index (χ1) is 8.58. The number of hydrogen-bond acceptors (Lipinski definition) is 2. The first-order valence-electron chi connectivity index (χ1n) is 5.40. The van der Waals surface area contributed by atoms with Gasteiger partial charge in [-0.05, 0) is 48.5 Å². The van der Waals surface area contributed by atoms with Crippen LogP contribution in [0.15, 0.2) is 48.5 Å². The van der Waals surface area contributed by atoms with Crippen LogP contribution in [0.2, 0.25) is 5.02 Å². The molecular formula is C14H12ClNO2. The van der Waals surface area contributed by atoms with Crippen molar-refractivity contribution < 1.29 is 9.90 Å². The van der Waals surface area contributed by atoms with E-state index in [1.54, 1.807) is 24.3 Å². The Kier molecular flexibility index (Phi) is 3.53. The molecule has 92 valence electrons. The lowest BCUT2D eigenvalue weighted by Crippen LogP contribution is -2.09. The van der Waals surface area contributed by atoms with E-state index < -0.39 is 5.97 Å². The van der Waals surface area contributed by atoms with Crippen LogP contribution in [-0.4, -0.2) is 18.1 Å². The molecule has 0 spiro atoms. The predicted molar refractivity (Wildman–Crippen MR) is 72.9 cm³/mol. The van der Waals surface area contributed by atoms with Crippen LogP contribution in [0.5, 0.6) is 0 Å². The van der Waals surface area contributed by atoms with E-state index in [4.69, 9.17) is 16.7 Å². The lowest BCUT2D eigenvalue weighted by atomic mass is 10.2. The summed E-state index contributed by atoms with van der Waals surface area (Å²) >= 11 is 5.83. The highest BCUT2D eigenvalue weighted by Gasteiger charge is 2.06. The van der Waals surface area contributed by atoms with E-state index in [-0.39, 0.29) is 5.56 Å². The average Bonchev–Trinajstić information content (AvgIpc) is 2.39. The number of nitrogens with zero attached hydrogens (tertiary/aromatic N) is 1. The molecule has 0 aliphatic heterocycles. The maximum absolute atomic E-state index is 10.8. The Balaban J connectivity index is 2.25. The van der Waals surface area contributed by atoms with Gasteiger partial charge in [-0.2, -0.15) is 0 Å². The summed E-state index contributed by atoms with van der Waals surface area (Å²) < 4.78 is 0. The van der Waals surface area contributed by atoms with Gasteiger partial charge >= 0.3 is 5.97 Å². The number of rotatable bonds is 3. The SMILES string of the molecule is CN(c1ccc(Cl)cc1)c1ccc(C(=O)O)cc1. The molecule has 0 saturated heterocycles. The monoisotopic (exact) mass is 261 g/mol. The Bertz CT molecular complexity index is 549. The Morgan fingerprint density at radius 2 is 1.44 bits per heavy atom. The van der Waals surface area contributed by atoms with Crippen molar-refractivity contribution in [1.29, 1.82) is 0 Å². The highest BCUT2D eigenvalue weighted by atomic mass is 35.5. The fraction of sp³-hybridized carbons (Fsp3) is 0.0714. The summed E-state index contributed by atoms with van der Waals surface area (Å²) in [5.74, 6) is -0.921. The van der Waals surface area contributed by atoms with Crippen LogP contribution in [0.3, 0.4) is 0 Å². The van der Waals surface area contributed by atoms with Crippen molar-refractivity contribution >= 4 is 28.9 Å². The van der Waals surface area contributed by atoms with Gasteiger partial charge < -0.3 is 10.0 Å². The van der Waals surface area contributed by atoms with Crippen LogP contribution >= 0.6 is 11.6 Å². The average molecular weight is 262 g/mol. The zero-order chi connectivity index (χ0) is 13.1. The molecule has 0 radical (unpaired) electrons. The molecule has 2 rings (SSSR count). The van der Waals surface area contributed by atoms with E-state index in [1.807, 2.05) is 36.2 Å². The van der Waals surface area contributed by atoms with Crippen LogP contribution in [0.1, 0.15) is 10.4 Å². The number of aromatic carboxylic acids is 1. The molecule has 0 aliphatic rings. The summed E-state index contributed by atoms with van der Waals surface area (Å²) in [6, 6.07) is 14.2. The summed E-state index contributed by atoms with van der Waals surface area (Å²) in [6.07, 6.45) is 0. The minimum absolute atomic E-state index is 0.281. The highest BCUT2D eigenvalue weighted by molar-refractivity contribution is 6.30. The second-order valence-electron chi connectivity index (χ2n) is 3.89. The fourth-order valence-electron chi connectivity index (χ4n) is 1.64. The Hall–Kier alpha value is -2.00. The predicted octanol–water partition coefficient (Wildman–Crippen LogP) is 3.81. The number of anilines is 2. The summed E-state index contributed by atoms with van der Waals surface area (Å²) in [7, 11) is 1.92. The smallest absolute Gasteiger partial charge is 0.335 e. The summed E-state index contributed by atoms with van der Waals surface area (Å²) in [5, 5.41) is 9.52. The van der Waals surface area contributed by atoms with Crippen molar-refractivity contribution in [2.45, 2.75) is 0 Å². The molecule has 0 aromatic heterocycles. The van der Waals surface area contributed by atoms with Gasteiger partial charge in [-0.25, -0.2) is 4.79 Å². The Morgan fingerprint density at radius 3 is 1.89 bits per heavy atom. The Labute approximate surface area is 110 Å². The molecule has 0 aliphatic carbocycles. The quantitative estimate of drug-likeness (QED) is 0.913. The van der Waals surface area contributed by atoms with Crippen LogP contribution < -0.4 is 4.90 Å². The maximum atomic E-state index is 10.8. The maximum Gasteiger partial charge on any atom is 0.335 e. The van der Waals surface area contributed by atoms with Gasteiger partial charge in [-0.3, -0.25) is 0 Å². The third kappa shape index (κ3) is 2.63. The molecule has 0 saturated carbocycles. The molecule has 2 aromatic carbocycles. The largest absolute Gasteiger partial charge is 0.478 e. The van der Waals surface area contributed by atoms with Crippen molar-refractivity contribution in [3.05, 3.63) is 59.1 Å².